The maximum absolute atomic E-state index is 4.58. The van der Waals surface area contributed by atoms with E-state index in [9.17, 15) is 0 Å². The average Bonchev–Trinajstić information content (AvgIpc) is 2.48. The molecule has 0 atom stereocenters. The lowest BCUT2D eigenvalue weighted by atomic mass is 10.1. The van der Waals surface area contributed by atoms with Crippen LogP contribution in [-0.2, 0) is 6.54 Å². The van der Waals surface area contributed by atoms with Crippen molar-refractivity contribution in [3.8, 4) is 0 Å². The molecule has 4 heteroatoms. The van der Waals surface area contributed by atoms with Crippen LogP contribution in [0.15, 0.2) is 36.7 Å². The summed E-state index contributed by atoms with van der Waals surface area (Å²) in [6, 6.07) is 8.57. The molecule has 1 aromatic carbocycles. The highest BCUT2D eigenvalue weighted by Crippen LogP contribution is 2.14. The number of nitrogens with one attached hydrogen (secondary N) is 1. The van der Waals surface area contributed by atoms with Crippen LogP contribution in [0.4, 0.5) is 11.6 Å². The van der Waals surface area contributed by atoms with Crippen LogP contribution < -0.4 is 10.2 Å². The first kappa shape index (κ1) is 14.3. The Balaban J connectivity index is 2.04. The van der Waals surface area contributed by atoms with Gasteiger partial charge in [0, 0.05) is 20.1 Å². The minimum absolute atomic E-state index is 0.826. The average molecular weight is 270 g/mol. The molecule has 2 rings (SSSR count). The van der Waals surface area contributed by atoms with E-state index in [4.69, 9.17) is 0 Å². The van der Waals surface area contributed by atoms with E-state index in [2.05, 4.69) is 58.3 Å². The van der Waals surface area contributed by atoms with E-state index in [0.717, 1.165) is 31.1 Å². The molecule has 2 aromatic rings. The van der Waals surface area contributed by atoms with Gasteiger partial charge in [-0.3, -0.25) is 4.98 Å². The van der Waals surface area contributed by atoms with E-state index < -0.39 is 0 Å². The fraction of sp³-hybridized carbons (Fsp3) is 0.375. The fourth-order valence-electron chi connectivity index (χ4n) is 1.93. The van der Waals surface area contributed by atoms with Gasteiger partial charge >= 0.3 is 0 Å². The normalized spacial score (nSPS) is 10.3. The zero-order valence-corrected chi connectivity index (χ0v) is 12.4. The molecule has 0 radical (unpaired) electrons. The van der Waals surface area contributed by atoms with Gasteiger partial charge in [-0.25, -0.2) is 4.98 Å². The van der Waals surface area contributed by atoms with Gasteiger partial charge in [0.15, 0.2) is 0 Å². The summed E-state index contributed by atoms with van der Waals surface area (Å²) in [4.78, 5) is 10.9. The summed E-state index contributed by atoms with van der Waals surface area (Å²) in [5, 5.41) is 3.26. The van der Waals surface area contributed by atoms with Crippen LogP contribution in [-0.4, -0.2) is 23.6 Å². The maximum Gasteiger partial charge on any atom is 0.149 e. The molecule has 0 aliphatic rings. The van der Waals surface area contributed by atoms with Gasteiger partial charge in [-0.05, 0) is 18.9 Å². The molecule has 0 aliphatic heterocycles. The number of benzene rings is 1. The molecule has 1 heterocycles. The number of aryl methyl sites for hydroxylation is 1. The molecule has 0 saturated heterocycles. The molecule has 0 unspecified atom stereocenters. The number of aromatic nitrogens is 2. The monoisotopic (exact) mass is 270 g/mol. The molecular formula is C16H22N4. The van der Waals surface area contributed by atoms with Crippen molar-refractivity contribution in [2.45, 2.75) is 26.8 Å². The highest BCUT2D eigenvalue weighted by molar-refractivity contribution is 5.43. The standard InChI is InChI=1S/C16H22N4/c1-4-9-18-15-10-17-11-16(19-15)20(3)12-14-7-5-13(2)6-8-14/h5-8,10-11H,4,9,12H2,1-3H3,(H,18,19). The molecule has 4 nitrogen and oxygen atoms in total. The summed E-state index contributed by atoms with van der Waals surface area (Å²) in [6.07, 6.45) is 4.63. The number of hydrogen-bond donors (Lipinski definition) is 1. The van der Waals surface area contributed by atoms with Crippen LogP contribution >= 0.6 is 0 Å². The Labute approximate surface area is 120 Å². The van der Waals surface area contributed by atoms with Gasteiger partial charge in [0.05, 0.1) is 12.4 Å². The second-order valence-corrected chi connectivity index (χ2v) is 5.03. The van der Waals surface area contributed by atoms with Crippen molar-refractivity contribution in [1.82, 2.24) is 9.97 Å². The van der Waals surface area contributed by atoms with Crippen LogP contribution in [0, 0.1) is 6.92 Å². The molecule has 20 heavy (non-hydrogen) atoms. The Morgan fingerprint density at radius 3 is 2.60 bits per heavy atom. The van der Waals surface area contributed by atoms with Crippen molar-refractivity contribution in [3.63, 3.8) is 0 Å². The van der Waals surface area contributed by atoms with E-state index >= 15 is 0 Å². The molecule has 0 bridgehead atoms. The molecule has 0 amide bonds. The van der Waals surface area contributed by atoms with Gasteiger partial charge in [0.25, 0.3) is 0 Å². The molecule has 0 spiro atoms. The first-order chi connectivity index (χ1) is 9.69. The van der Waals surface area contributed by atoms with Gasteiger partial charge < -0.3 is 10.2 Å². The SMILES string of the molecule is CCCNc1cncc(N(C)Cc2ccc(C)cc2)n1. The van der Waals surface area contributed by atoms with E-state index in [1.54, 1.807) is 12.4 Å². The molecular weight excluding hydrogens is 248 g/mol. The van der Waals surface area contributed by atoms with Crippen LogP contribution in [0.1, 0.15) is 24.5 Å². The number of rotatable bonds is 6. The minimum atomic E-state index is 0.826. The predicted molar refractivity (Wildman–Crippen MR) is 84.1 cm³/mol. The molecule has 0 aliphatic carbocycles. The van der Waals surface area contributed by atoms with E-state index in [1.807, 2.05) is 7.05 Å². The second-order valence-electron chi connectivity index (χ2n) is 5.03. The largest absolute Gasteiger partial charge is 0.369 e. The van der Waals surface area contributed by atoms with Gasteiger partial charge in [-0.15, -0.1) is 0 Å². The zero-order chi connectivity index (χ0) is 14.4. The van der Waals surface area contributed by atoms with Crippen molar-refractivity contribution >= 4 is 11.6 Å². The lowest BCUT2D eigenvalue weighted by molar-refractivity contribution is 0.885. The van der Waals surface area contributed by atoms with Crippen LogP contribution in [0.25, 0.3) is 0 Å². The Bertz CT molecular complexity index is 536. The first-order valence-corrected chi connectivity index (χ1v) is 7.01. The van der Waals surface area contributed by atoms with Crippen molar-refractivity contribution in [2.24, 2.45) is 0 Å². The van der Waals surface area contributed by atoms with Gasteiger partial charge in [0.1, 0.15) is 11.6 Å². The third kappa shape index (κ3) is 3.95. The highest BCUT2D eigenvalue weighted by atomic mass is 15.2. The van der Waals surface area contributed by atoms with Gasteiger partial charge in [-0.1, -0.05) is 36.8 Å². The van der Waals surface area contributed by atoms with Gasteiger partial charge in [0.2, 0.25) is 0 Å². The molecule has 1 aromatic heterocycles. The number of anilines is 2. The van der Waals surface area contributed by atoms with Crippen molar-refractivity contribution in [1.29, 1.82) is 0 Å². The summed E-state index contributed by atoms with van der Waals surface area (Å²) >= 11 is 0. The molecule has 1 N–H and O–H groups in total. The van der Waals surface area contributed by atoms with E-state index in [-0.39, 0.29) is 0 Å². The quantitative estimate of drug-likeness (QED) is 0.875. The van der Waals surface area contributed by atoms with E-state index in [1.165, 1.54) is 11.1 Å². The molecule has 0 saturated carbocycles. The smallest absolute Gasteiger partial charge is 0.149 e. The van der Waals surface area contributed by atoms with E-state index in [0.29, 0.717) is 0 Å². The zero-order valence-electron chi connectivity index (χ0n) is 12.4. The summed E-state index contributed by atoms with van der Waals surface area (Å²) in [5.41, 5.74) is 2.55. The Kier molecular flexibility index (Phi) is 4.93. The topological polar surface area (TPSA) is 41.1 Å². The summed E-state index contributed by atoms with van der Waals surface area (Å²) < 4.78 is 0. The third-order valence-corrected chi connectivity index (χ3v) is 3.11. The first-order valence-electron chi connectivity index (χ1n) is 7.01. The Hall–Kier alpha value is -2.10. The Morgan fingerprint density at radius 2 is 1.90 bits per heavy atom. The molecule has 0 fully saturated rings. The lowest BCUT2D eigenvalue weighted by Gasteiger charge is -2.18. The molecule has 106 valence electrons. The van der Waals surface area contributed by atoms with Crippen molar-refractivity contribution in [2.75, 3.05) is 23.8 Å². The minimum Gasteiger partial charge on any atom is -0.369 e. The van der Waals surface area contributed by atoms with Crippen LogP contribution in [0.2, 0.25) is 0 Å². The second kappa shape index (κ2) is 6.89. The number of hydrogen-bond acceptors (Lipinski definition) is 4. The van der Waals surface area contributed by atoms with Crippen molar-refractivity contribution < 1.29 is 0 Å². The summed E-state index contributed by atoms with van der Waals surface area (Å²) in [5.74, 6) is 1.71. The fourth-order valence-corrected chi connectivity index (χ4v) is 1.93. The lowest BCUT2D eigenvalue weighted by Crippen LogP contribution is -2.18. The van der Waals surface area contributed by atoms with Crippen LogP contribution in [0.5, 0.6) is 0 Å². The maximum atomic E-state index is 4.58. The summed E-state index contributed by atoms with van der Waals surface area (Å²) in [6.45, 7) is 5.97. The van der Waals surface area contributed by atoms with Gasteiger partial charge in [-0.2, -0.15) is 0 Å². The summed E-state index contributed by atoms with van der Waals surface area (Å²) in [7, 11) is 2.04. The third-order valence-electron chi connectivity index (χ3n) is 3.11. The highest BCUT2D eigenvalue weighted by Gasteiger charge is 2.05. The van der Waals surface area contributed by atoms with Crippen LogP contribution in [0.3, 0.4) is 0 Å². The Morgan fingerprint density at radius 1 is 1.15 bits per heavy atom. The number of nitrogens with zero attached hydrogens (tertiary/aromatic N) is 3. The predicted octanol–water partition coefficient (Wildman–Crippen LogP) is 3.24. The van der Waals surface area contributed by atoms with Crippen molar-refractivity contribution in [3.05, 3.63) is 47.8 Å².